The minimum absolute atomic E-state index is 0.137. The number of rotatable bonds is 8. The Morgan fingerprint density at radius 3 is 2.57 bits per heavy atom. The molecule has 2 rings (SSSR count). The molecule has 0 fully saturated rings. The quantitative estimate of drug-likeness (QED) is 0.691. The smallest absolute Gasteiger partial charge is 0.237 e. The number of ether oxygens (including phenoxy) is 2. The second-order valence-electron chi connectivity index (χ2n) is 5.86. The van der Waals surface area contributed by atoms with Gasteiger partial charge in [0.25, 0.3) is 0 Å². The molecule has 1 amide bonds. The minimum atomic E-state index is 0.137. The molecular formula is C18H26N2O3. The molecular weight excluding hydrogens is 292 g/mol. The minimum Gasteiger partial charge on any atom is -0.454 e. The van der Waals surface area contributed by atoms with Crippen LogP contribution in [0.4, 0.5) is 0 Å². The zero-order valence-corrected chi connectivity index (χ0v) is 14.3. The third-order valence-corrected chi connectivity index (χ3v) is 3.84. The van der Waals surface area contributed by atoms with Gasteiger partial charge in [0.05, 0.1) is 6.54 Å². The average molecular weight is 318 g/mol. The van der Waals surface area contributed by atoms with Crippen LogP contribution in [-0.2, 0) is 11.3 Å². The predicted molar refractivity (Wildman–Crippen MR) is 90.6 cm³/mol. The van der Waals surface area contributed by atoms with Crippen LogP contribution in [0.3, 0.4) is 0 Å². The third-order valence-electron chi connectivity index (χ3n) is 3.84. The molecule has 126 valence electrons. The zero-order chi connectivity index (χ0) is 16.8. The van der Waals surface area contributed by atoms with Crippen molar-refractivity contribution in [3.63, 3.8) is 0 Å². The molecule has 0 bridgehead atoms. The summed E-state index contributed by atoms with van der Waals surface area (Å²) >= 11 is 0. The molecule has 1 aromatic rings. The van der Waals surface area contributed by atoms with Crippen LogP contribution in [0.1, 0.15) is 26.3 Å². The Morgan fingerprint density at radius 1 is 1.17 bits per heavy atom. The third kappa shape index (κ3) is 4.73. The molecule has 1 heterocycles. The average Bonchev–Trinajstić information content (AvgIpc) is 2.99. The normalized spacial score (nSPS) is 12.5. The van der Waals surface area contributed by atoms with E-state index in [0.717, 1.165) is 29.2 Å². The van der Waals surface area contributed by atoms with Gasteiger partial charge in [-0.2, -0.15) is 0 Å². The Hall–Kier alpha value is -2.01. The van der Waals surface area contributed by atoms with Crippen LogP contribution >= 0.6 is 0 Å². The number of fused-ring (bicyclic) bond motifs is 1. The highest BCUT2D eigenvalue weighted by molar-refractivity contribution is 5.78. The van der Waals surface area contributed by atoms with Crippen molar-refractivity contribution in [2.75, 3.05) is 33.0 Å². The van der Waals surface area contributed by atoms with Gasteiger partial charge in [0.2, 0.25) is 12.7 Å². The summed E-state index contributed by atoms with van der Waals surface area (Å²) in [6.45, 7) is 13.4. The van der Waals surface area contributed by atoms with Crippen molar-refractivity contribution in [1.29, 1.82) is 0 Å². The number of hydrogen-bond acceptors (Lipinski definition) is 4. The van der Waals surface area contributed by atoms with E-state index in [0.29, 0.717) is 26.2 Å². The van der Waals surface area contributed by atoms with Crippen LogP contribution in [0, 0.1) is 0 Å². The van der Waals surface area contributed by atoms with E-state index in [1.54, 1.807) is 0 Å². The number of benzene rings is 1. The summed E-state index contributed by atoms with van der Waals surface area (Å²) in [6, 6.07) is 5.93. The summed E-state index contributed by atoms with van der Waals surface area (Å²) in [7, 11) is 0. The van der Waals surface area contributed by atoms with Crippen molar-refractivity contribution in [2.45, 2.75) is 27.3 Å². The lowest BCUT2D eigenvalue weighted by Crippen LogP contribution is -2.40. The highest BCUT2D eigenvalue weighted by Gasteiger charge is 2.17. The van der Waals surface area contributed by atoms with Gasteiger partial charge in [-0.3, -0.25) is 9.69 Å². The molecule has 0 saturated carbocycles. The Kier molecular flexibility index (Phi) is 6.04. The summed E-state index contributed by atoms with van der Waals surface area (Å²) in [5.41, 5.74) is 2.12. The molecule has 23 heavy (non-hydrogen) atoms. The monoisotopic (exact) mass is 318 g/mol. The molecule has 0 atom stereocenters. The van der Waals surface area contributed by atoms with Gasteiger partial charge in [-0.25, -0.2) is 0 Å². The molecule has 1 aliphatic heterocycles. The van der Waals surface area contributed by atoms with E-state index in [1.807, 2.05) is 36.9 Å². The fraction of sp³-hybridized carbons (Fsp3) is 0.500. The van der Waals surface area contributed by atoms with Crippen LogP contribution < -0.4 is 9.47 Å². The second kappa shape index (κ2) is 8.02. The van der Waals surface area contributed by atoms with Gasteiger partial charge in [-0.05, 0) is 38.1 Å². The van der Waals surface area contributed by atoms with E-state index in [2.05, 4.69) is 18.4 Å². The Bertz CT molecular complexity index is 571. The number of likely N-dealkylation sites (N-methyl/N-ethyl adjacent to an activating group) is 2. The van der Waals surface area contributed by atoms with Crippen LogP contribution in [-0.4, -0.2) is 48.7 Å². The molecule has 0 N–H and O–H groups in total. The van der Waals surface area contributed by atoms with Crippen LogP contribution in [0.2, 0.25) is 0 Å². The molecule has 0 spiro atoms. The van der Waals surface area contributed by atoms with E-state index in [1.165, 1.54) is 0 Å². The fourth-order valence-electron chi connectivity index (χ4n) is 2.57. The topological polar surface area (TPSA) is 42.0 Å². The maximum Gasteiger partial charge on any atom is 0.237 e. The van der Waals surface area contributed by atoms with E-state index in [-0.39, 0.29) is 12.7 Å². The van der Waals surface area contributed by atoms with Crippen molar-refractivity contribution >= 4 is 5.91 Å². The van der Waals surface area contributed by atoms with Crippen molar-refractivity contribution in [3.05, 3.63) is 35.9 Å². The van der Waals surface area contributed by atoms with Gasteiger partial charge in [0.1, 0.15) is 0 Å². The lowest BCUT2D eigenvalue weighted by Gasteiger charge is -2.26. The van der Waals surface area contributed by atoms with Gasteiger partial charge < -0.3 is 14.4 Å². The summed E-state index contributed by atoms with van der Waals surface area (Å²) in [6.07, 6.45) is 0. The molecule has 0 aliphatic carbocycles. The zero-order valence-electron chi connectivity index (χ0n) is 14.3. The van der Waals surface area contributed by atoms with Crippen LogP contribution in [0.5, 0.6) is 11.5 Å². The van der Waals surface area contributed by atoms with E-state index >= 15 is 0 Å². The SMILES string of the molecule is C=C(C)CN(CC)C(=O)CN(CC)Cc1ccc2c(c1)OCO2. The Balaban J connectivity index is 1.97. The van der Waals surface area contributed by atoms with Crippen molar-refractivity contribution in [1.82, 2.24) is 9.80 Å². The largest absolute Gasteiger partial charge is 0.454 e. The first-order valence-electron chi connectivity index (χ1n) is 8.06. The number of carbonyl (C=O) groups is 1. The summed E-state index contributed by atoms with van der Waals surface area (Å²) < 4.78 is 10.7. The molecule has 0 unspecified atom stereocenters. The maximum atomic E-state index is 12.5. The summed E-state index contributed by atoms with van der Waals surface area (Å²) in [4.78, 5) is 16.4. The lowest BCUT2D eigenvalue weighted by molar-refractivity contribution is -0.131. The molecule has 1 aromatic carbocycles. The van der Waals surface area contributed by atoms with E-state index in [4.69, 9.17) is 9.47 Å². The number of hydrogen-bond donors (Lipinski definition) is 0. The van der Waals surface area contributed by atoms with Crippen LogP contribution in [0.25, 0.3) is 0 Å². The first-order valence-corrected chi connectivity index (χ1v) is 8.06. The van der Waals surface area contributed by atoms with Gasteiger partial charge in [-0.1, -0.05) is 25.1 Å². The van der Waals surface area contributed by atoms with Crippen molar-refractivity contribution in [3.8, 4) is 11.5 Å². The first kappa shape index (κ1) is 17.3. The van der Waals surface area contributed by atoms with Gasteiger partial charge in [0, 0.05) is 19.6 Å². The summed E-state index contributed by atoms with van der Waals surface area (Å²) in [5.74, 6) is 1.70. The molecule has 5 heteroatoms. The van der Waals surface area contributed by atoms with Gasteiger partial charge in [-0.15, -0.1) is 0 Å². The Labute approximate surface area is 138 Å². The predicted octanol–water partition coefficient (Wildman–Crippen LogP) is 2.66. The van der Waals surface area contributed by atoms with Crippen molar-refractivity contribution in [2.24, 2.45) is 0 Å². The number of nitrogens with zero attached hydrogens (tertiary/aromatic N) is 2. The van der Waals surface area contributed by atoms with E-state index in [9.17, 15) is 4.79 Å². The highest BCUT2D eigenvalue weighted by atomic mass is 16.7. The standard InChI is InChI=1S/C18H26N2O3/c1-5-19(12-18(21)20(6-2)10-14(3)4)11-15-7-8-16-17(9-15)23-13-22-16/h7-9H,3,5-6,10-13H2,1-2,4H3. The van der Waals surface area contributed by atoms with Gasteiger partial charge >= 0.3 is 0 Å². The maximum absolute atomic E-state index is 12.5. The van der Waals surface area contributed by atoms with Crippen molar-refractivity contribution < 1.29 is 14.3 Å². The number of amides is 1. The molecule has 0 radical (unpaired) electrons. The van der Waals surface area contributed by atoms with Crippen LogP contribution in [0.15, 0.2) is 30.4 Å². The fourth-order valence-corrected chi connectivity index (χ4v) is 2.57. The van der Waals surface area contributed by atoms with Gasteiger partial charge in [0.15, 0.2) is 11.5 Å². The first-order chi connectivity index (χ1) is 11.0. The summed E-state index contributed by atoms with van der Waals surface area (Å²) in [5, 5.41) is 0. The second-order valence-corrected chi connectivity index (χ2v) is 5.86. The molecule has 0 saturated heterocycles. The Morgan fingerprint density at radius 2 is 1.91 bits per heavy atom. The lowest BCUT2D eigenvalue weighted by atomic mass is 10.2. The highest BCUT2D eigenvalue weighted by Crippen LogP contribution is 2.32. The molecule has 0 aromatic heterocycles. The molecule has 1 aliphatic rings. The molecule has 5 nitrogen and oxygen atoms in total. The van der Waals surface area contributed by atoms with E-state index < -0.39 is 0 Å². The number of carbonyl (C=O) groups excluding carboxylic acids is 1.